The lowest BCUT2D eigenvalue weighted by molar-refractivity contribution is -0.117. The Labute approximate surface area is 152 Å². The van der Waals surface area contributed by atoms with Crippen LogP contribution in [0.3, 0.4) is 0 Å². The quantitative estimate of drug-likeness (QED) is 0.770. The Balaban J connectivity index is 1.57. The molecule has 0 radical (unpaired) electrons. The van der Waals surface area contributed by atoms with Crippen LogP contribution in [0.15, 0.2) is 46.7 Å². The van der Waals surface area contributed by atoms with Gasteiger partial charge >= 0.3 is 0 Å². The third kappa shape index (κ3) is 2.88. The van der Waals surface area contributed by atoms with Gasteiger partial charge in [0.15, 0.2) is 4.96 Å². The highest BCUT2D eigenvalue weighted by Crippen LogP contribution is 2.27. The molecule has 1 fully saturated rings. The highest BCUT2D eigenvalue weighted by Gasteiger charge is 2.28. The molecule has 0 aliphatic carbocycles. The van der Waals surface area contributed by atoms with Crippen LogP contribution in [0.1, 0.15) is 30.3 Å². The van der Waals surface area contributed by atoms with Gasteiger partial charge in [0, 0.05) is 41.5 Å². The van der Waals surface area contributed by atoms with E-state index < -0.39 is 11.5 Å². The maximum Gasteiger partial charge on any atom is 0.274 e. The molecule has 4 rings (SSSR count). The molecule has 132 valence electrons. The lowest BCUT2D eigenvalue weighted by Gasteiger charge is -2.22. The van der Waals surface area contributed by atoms with Crippen LogP contribution in [-0.2, 0) is 4.79 Å². The molecule has 7 nitrogen and oxygen atoms in total. The van der Waals surface area contributed by atoms with Crippen LogP contribution in [0.25, 0.3) is 4.96 Å². The summed E-state index contributed by atoms with van der Waals surface area (Å²) in [4.78, 5) is 42.3. The minimum atomic E-state index is -0.450. The third-order valence-electron chi connectivity index (χ3n) is 4.44. The molecular weight excluding hydrogens is 352 g/mol. The topological polar surface area (TPSA) is 83.8 Å². The number of aromatic nitrogens is 2. The van der Waals surface area contributed by atoms with Crippen LogP contribution in [0.4, 0.5) is 11.4 Å². The fraction of sp³-hybridized carbons (Fsp3) is 0.222. The number of amides is 2. The number of hydrogen-bond donors (Lipinski definition) is 1. The molecule has 8 heteroatoms. The van der Waals surface area contributed by atoms with Gasteiger partial charge in [0.1, 0.15) is 5.69 Å². The van der Waals surface area contributed by atoms with Crippen molar-refractivity contribution in [2.45, 2.75) is 25.8 Å². The van der Waals surface area contributed by atoms with E-state index in [1.807, 2.05) is 19.1 Å². The van der Waals surface area contributed by atoms with Gasteiger partial charge in [0.25, 0.3) is 11.5 Å². The number of hydrogen-bond acceptors (Lipinski definition) is 5. The van der Waals surface area contributed by atoms with E-state index in [1.54, 1.807) is 33.0 Å². The van der Waals surface area contributed by atoms with E-state index in [0.29, 0.717) is 17.1 Å². The summed E-state index contributed by atoms with van der Waals surface area (Å²) in [5, 5.41) is 4.55. The molecule has 1 saturated heterocycles. The summed E-state index contributed by atoms with van der Waals surface area (Å²) in [5.41, 5.74) is 1.19. The predicted octanol–water partition coefficient (Wildman–Crippen LogP) is 2.52. The number of carbonyl (C=O) groups is 2. The van der Waals surface area contributed by atoms with E-state index in [0.717, 1.165) is 12.1 Å². The second-order valence-electron chi connectivity index (χ2n) is 6.19. The van der Waals surface area contributed by atoms with Crippen molar-refractivity contribution in [3.63, 3.8) is 0 Å². The summed E-state index contributed by atoms with van der Waals surface area (Å²) in [7, 11) is 0. The van der Waals surface area contributed by atoms with Gasteiger partial charge in [-0.25, -0.2) is 0 Å². The molecule has 1 atom stereocenters. The highest BCUT2D eigenvalue weighted by atomic mass is 32.1. The van der Waals surface area contributed by atoms with E-state index in [1.165, 1.54) is 17.4 Å². The normalized spacial score (nSPS) is 17.0. The maximum atomic E-state index is 12.6. The number of thiazole rings is 1. The Bertz CT molecular complexity index is 1050. The largest absolute Gasteiger partial charge is 0.321 e. The highest BCUT2D eigenvalue weighted by molar-refractivity contribution is 7.15. The molecule has 3 aromatic rings. The van der Waals surface area contributed by atoms with Crippen LogP contribution >= 0.6 is 11.3 Å². The molecule has 1 N–H and O–H groups in total. The number of benzene rings is 1. The standard InChI is InChI=1S/C18H16N4O3S/c1-11-2-7-16(24)22(11)13-5-3-12(4-6-13)19-17(25)14-10-15(23)20-18-21(14)8-9-26-18/h3-6,8-11H,2,7H2,1H3,(H,19,25)/t11-/m0/s1. The van der Waals surface area contributed by atoms with Crippen molar-refractivity contribution >= 4 is 39.5 Å². The minimum Gasteiger partial charge on any atom is -0.321 e. The zero-order valence-electron chi connectivity index (χ0n) is 14.0. The van der Waals surface area contributed by atoms with Gasteiger partial charge in [-0.3, -0.25) is 18.8 Å². The zero-order chi connectivity index (χ0) is 18.3. The molecule has 1 aliphatic rings. The number of nitrogens with zero attached hydrogens (tertiary/aromatic N) is 3. The first-order valence-corrected chi connectivity index (χ1v) is 9.11. The van der Waals surface area contributed by atoms with Gasteiger partial charge in [-0.1, -0.05) is 0 Å². The van der Waals surface area contributed by atoms with Crippen molar-refractivity contribution in [3.05, 3.63) is 58.0 Å². The smallest absolute Gasteiger partial charge is 0.274 e. The Morgan fingerprint density at radius 3 is 2.73 bits per heavy atom. The van der Waals surface area contributed by atoms with E-state index in [-0.39, 0.29) is 17.6 Å². The molecule has 0 unspecified atom stereocenters. The van der Waals surface area contributed by atoms with Gasteiger partial charge in [-0.15, -0.1) is 11.3 Å². The second kappa shape index (κ2) is 6.38. The van der Waals surface area contributed by atoms with Crippen molar-refractivity contribution in [1.82, 2.24) is 9.38 Å². The van der Waals surface area contributed by atoms with Gasteiger partial charge in [0.05, 0.1) is 0 Å². The number of fused-ring (bicyclic) bond motifs is 1. The van der Waals surface area contributed by atoms with Gasteiger partial charge in [-0.2, -0.15) is 4.98 Å². The Hall–Kier alpha value is -3.00. The van der Waals surface area contributed by atoms with Gasteiger partial charge < -0.3 is 10.2 Å². The van der Waals surface area contributed by atoms with Crippen molar-refractivity contribution in [2.75, 3.05) is 10.2 Å². The average Bonchev–Trinajstić information content (AvgIpc) is 3.21. The molecule has 0 saturated carbocycles. The minimum absolute atomic E-state index is 0.116. The molecule has 1 aliphatic heterocycles. The number of nitrogens with one attached hydrogen (secondary N) is 1. The number of carbonyl (C=O) groups excluding carboxylic acids is 2. The monoisotopic (exact) mass is 368 g/mol. The lowest BCUT2D eigenvalue weighted by Crippen LogP contribution is -2.30. The zero-order valence-corrected chi connectivity index (χ0v) is 14.8. The van der Waals surface area contributed by atoms with E-state index in [4.69, 9.17) is 0 Å². The fourth-order valence-corrected chi connectivity index (χ4v) is 3.87. The van der Waals surface area contributed by atoms with E-state index in [2.05, 4.69) is 10.3 Å². The van der Waals surface area contributed by atoms with Crippen molar-refractivity contribution < 1.29 is 9.59 Å². The maximum absolute atomic E-state index is 12.6. The summed E-state index contributed by atoms with van der Waals surface area (Å²) in [6.07, 6.45) is 3.11. The summed E-state index contributed by atoms with van der Waals surface area (Å²) < 4.78 is 1.58. The van der Waals surface area contributed by atoms with Gasteiger partial charge in [-0.05, 0) is 37.6 Å². The van der Waals surface area contributed by atoms with E-state index in [9.17, 15) is 14.4 Å². The second-order valence-corrected chi connectivity index (χ2v) is 7.06. The summed E-state index contributed by atoms with van der Waals surface area (Å²) >= 11 is 1.29. The summed E-state index contributed by atoms with van der Waals surface area (Å²) in [5.74, 6) is -0.276. The molecular formula is C18H16N4O3S. The van der Waals surface area contributed by atoms with Crippen molar-refractivity contribution in [1.29, 1.82) is 0 Å². The molecule has 0 bridgehead atoms. The molecule has 26 heavy (non-hydrogen) atoms. The first-order chi connectivity index (χ1) is 12.5. The van der Waals surface area contributed by atoms with Crippen LogP contribution in [0, 0.1) is 0 Å². The third-order valence-corrected chi connectivity index (χ3v) is 5.19. The number of anilines is 2. The van der Waals surface area contributed by atoms with Crippen molar-refractivity contribution in [3.8, 4) is 0 Å². The molecule has 0 spiro atoms. The van der Waals surface area contributed by atoms with Crippen LogP contribution in [-0.4, -0.2) is 27.2 Å². The molecule has 3 heterocycles. The Kier molecular flexibility index (Phi) is 4.04. The Morgan fingerprint density at radius 2 is 2.04 bits per heavy atom. The van der Waals surface area contributed by atoms with E-state index >= 15 is 0 Å². The lowest BCUT2D eigenvalue weighted by atomic mass is 10.2. The number of rotatable bonds is 3. The molecule has 2 amide bonds. The molecule has 1 aromatic carbocycles. The summed E-state index contributed by atoms with van der Waals surface area (Å²) in [6, 6.07) is 8.52. The first kappa shape index (κ1) is 16.5. The predicted molar refractivity (Wildman–Crippen MR) is 99.9 cm³/mol. The van der Waals surface area contributed by atoms with Gasteiger partial charge in [0.2, 0.25) is 5.91 Å². The SMILES string of the molecule is C[C@H]1CCC(=O)N1c1ccc(NC(=O)c2cc(=O)nc3sccn23)cc1. The average molecular weight is 368 g/mol. The molecule has 2 aromatic heterocycles. The van der Waals surface area contributed by atoms with Crippen molar-refractivity contribution in [2.24, 2.45) is 0 Å². The Morgan fingerprint density at radius 1 is 1.27 bits per heavy atom. The van der Waals surface area contributed by atoms with Crippen LogP contribution in [0.2, 0.25) is 0 Å². The fourth-order valence-electron chi connectivity index (χ4n) is 3.15. The summed E-state index contributed by atoms with van der Waals surface area (Å²) in [6.45, 7) is 2.02. The van der Waals surface area contributed by atoms with Crippen LogP contribution < -0.4 is 15.8 Å². The van der Waals surface area contributed by atoms with Crippen LogP contribution in [0.5, 0.6) is 0 Å². The first-order valence-electron chi connectivity index (χ1n) is 8.23.